The molecule has 0 aliphatic heterocycles. The van der Waals surface area contributed by atoms with Gasteiger partial charge in [-0.25, -0.2) is 0 Å². The Kier molecular flexibility index (Phi) is 6.80. The Morgan fingerprint density at radius 1 is 1.17 bits per heavy atom. The minimum absolute atomic E-state index is 0.585. The van der Waals surface area contributed by atoms with Crippen molar-refractivity contribution in [2.24, 2.45) is 0 Å². The molecule has 1 atom stereocenters. The molecule has 1 N–H and O–H groups in total. The normalized spacial score (nSPS) is 13.0. The zero-order valence-corrected chi connectivity index (χ0v) is 13.2. The lowest BCUT2D eigenvalue weighted by Crippen LogP contribution is -2.34. The van der Waals surface area contributed by atoms with Crippen LogP contribution in [0.4, 0.5) is 0 Å². The van der Waals surface area contributed by atoms with E-state index in [1.807, 2.05) is 11.8 Å². The zero-order valence-electron chi connectivity index (χ0n) is 12.4. The van der Waals surface area contributed by atoms with Crippen molar-refractivity contribution < 1.29 is 0 Å². The molecular formula is C16H27NS. The van der Waals surface area contributed by atoms with E-state index in [-0.39, 0.29) is 0 Å². The molecular weight excluding hydrogens is 238 g/mol. The third-order valence-electron chi connectivity index (χ3n) is 3.22. The molecule has 2 heteroatoms. The maximum atomic E-state index is 3.62. The second-order valence-electron chi connectivity index (χ2n) is 5.21. The van der Waals surface area contributed by atoms with Crippen LogP contribution >= 0.6 is 11.8 Å². The third-order valence-corrected chi connectivity index (χ3v) is 4.48. The highest BCUT2D eigenvalue weighted by Crippen LogP contribution is 2.18. The Labute approximate surface area is 117 Å². The van der Waals surface area contributed by atoms with Crippen LogP contribution in [0.3, 0.4) is 0 Å². The number of thioether (sulfide) groups is 1. The first kappa shape index (κ1) is 15.6. The number of hydrogen-bond donors (Lipinski definition) is 1. The molecule has 0 aliphatic carbocycles. The summed E-state index contributed by atoms with van der Waals surface area (Å²) in [5.41, 5.74) is 4.37. The molecule has 1 nitrogen and oxygen atoms in total. The first-order valence-corrected chi connectivity index (χ1v) is 7.99. The van der Waals surface area contributed by atoms with Gasteiger partial charge in [0.15, 0.2) is 0 Å². The number of rotatable bonds is 7. The predicted molar refractivity (Wildman–Crippen MR) is 84.7 cm³/mol. The number of benzene rings is 1. The van der Waals surface area contributed by atoms with Gasteiger partial charge in [0.25, 0.3) is 0 Å². The smallest absolute Gasteiger partial charge is 0.0198 e. The van der Waals surface area contributed by atoms with Gasteiger partial charge in [0.1, 0.15) is 0 Å². The van der Waals surface area contributed by atoms with Crippen LogP contribution in [0.2, 0.25) is 0 Å². The summed E-state index contributed by atoms with van der Waals surface area (Å²) < 4.78 is 0. The Morgan fingerprint density at radius 2 is 1.78 bits per heavy atom. The van der Waals surface area contributed by atoms with Gasteiger partial charge in [-0.1, -0.05) is 39.0 Å². The summed E-state index contributed by atoms with van der Waals surface area (Å²) in [7, 11) is 0. The van der Waals surface area contributed by atoms with Gasteiger partial charge in [0.2, 0.25) is 0 Å². The van der Waals surface area contributed by atoms with Gasteiger partial charge in [-0.05, 0) is 48.8 Å². The van der Waals surface area contributed by atoms with Crippen LogP contribution < -0.4 is 5.32 Å². The number of aryl methyl sites for hydroxylation is 2. The van der Waals surface area contributed by atoms with Gasteiger partial charge >= 0.3 is 0 Å². The molecule has 18 heavy (non-hydrogen) atoms. The predicted octanol–water partition coefficient (Wildman–Crippen LogP) is 3.97. The molecule has 0 saturated heterocycles. The van der Waals surface area contributed by atoms with Gasteiger partial charge in [-0.3, -0.25) is 0 Å². The van der Waals surface area contributed by atoms with Crippen molar-refractivity contribution in [2.45, 2.75) is 52.3 Å². The molecule has 0 aromatic heterocycles. The largest absolute Gasteiger partial charge is 0.313 e. The molecule has 0 amide bonds. The fourth-order valence-corrected chi connectivity index (χ4v) is 3.06. The first-order chi connectivity index (χ1) is 8.54. The SMILES string of the molecule is CCNC(CSC(C)C)Cc1c(C)cccc1C. The van der Waals surface area contributed by atoms with Crippen LogP contribution in [-0.4, -0.2) is 23.6 Å². The van der Waals surface area contributed by atoms with Gasteiger partial charge in [-0.2, -0.15) is 11.8 Å². The fourth-order valence-electron chi connectivity index (χ4n) is 2.20. The highest BCUT2D eigenvalue weighted by Gasteiger charge is 2.12. The number of likely N-dealkylation sites (N-methyl/N-ethyl adjacent to an activating group) is 1. The molecule has 0 saturated carbocycles. The van der Waals surface area contributed by atoms with E-state index in [4.69, 9.17) is 0 Å². The molecule has 102 valence electrons. The second kappa shape index (κ2) is 7.85. The minimum atomic E-state index is 0.585. The molecule has 0 heterocycles. The fraction of sp³-hybridized carbons (Fsp3) is 0.625. The molecule has 0 radical (unpaired) electrons. The van der Waals surface area contributed by atoms with Crippen LogP contribution in [-0.2, 0) is 6.42 Å². The van der Waals surface area contributed by atoms with Crippen LogP contribution in [0.5, 0.6) is 0 Å². The van der Waals surface area contributed by atoms with E-state index < -0.39 is 0 Å². The number of hydrogen-bond acceptors (Lipinski definition) is 2. The topological polar surface area (TPSA) is 12.0 Å². The minimum Gasteiger partial charge on any atom is -0.313 e. The van der Waals surface area contributed by atoms with Crippen molar-refractivity contribution in [2.75, 3.05) is 12.3 Å². The summed E-state index contributed by atoms with van der Waals surface area (Å²) in [6.45, 7) is 12.2. The highest BCUT2D eigenvalue weighted by atomic mass is 32.2. The average molecular weight is 265 g/mol. The summed E-state index contributed by atoms with van der Waals surface area (Å²) in [6, 6.07) is 7.18. The van der Waals surface area contributed by atoms with E-state index in [1.165, 1.54) is 22.4 Å². The van der Waals surface area contributed by atoms with Crippen LogP contribution in [0.15, 0.2) is 18.2 Å². The molecule has 0 fully saturated rings. The monoisotopic (exact) mass is 265 g/mol. The molecule has 1 rings (SSSR count). The van der Waals surface area contributed by atoms with Crippen LogP contribution in [0, 0.1) is 13.8 Å². The van der Waals surface area contributed by atoms with E-state index >= 15 is 0 Å². The van der Waals surface area contributed by atoms with Gasteiger partial charge in [-0.15, -0.1) is 0 Å². The summed E-state index contributed by atoms with van der Waals surface area (Å²) in [5.74, 6) is 1.19. The molecule has 0 aliphatic rings. The van der Waals surface area contributed by atoms with Gasteiger partial charge < -0.3 is 5.32 Å². The van der Waals surface area contributed by atoms with E-state index in [1.54, 1.807) is 0 Å². The lowest BCUT2D eigenvalue weighted by molar-refractivity contribution is 0.570. The van der Waals surface area contributed by atoms with Crippen LogP contribution in [0.25, 0.3) is 0 Å². The van der Waals surface area contributed by atoms with E-state index in [0.29, 0.717) is 11.3 Å². The van der Waals surface area contributed by atoms with Gasteiger partial charge in [0, 0.05) is 11.8 Å². The standard InChI is InChI=1S/C16H27NS/c1-6-17-15(11-18-12(2)3)10-16-13(4)8-7-9-14(16)5/h7-9,12,15,17H,6,10-11H2,1-5H3. The van der Waals surface area contributed by atoms with Crippen molar-refractivity contribution in [1.29, 1.82) is 0 Å². The molecule has 1 aromatic rings. The quantitative estimate of drug-likeness (QED) is 0.800. The van der Waals surface area contributed by atoms with Crippen molar-refractivity contribution in [1.82, 2.24) is 5.32 Å². The van der Waals surface area contributed by atoms with Gasteiger partial charge in [0.05, 0.1) is 0 Å². The molecule has 0 bridgehead atoms. The zero-order chi connectivity index (χ0) is 13.5. The average Bonchev–Trinajstić information content (AvgIpc) is 2.30. The first-order valence-electron chi connectivity index (χ1n) is 6.94. The summed E-state index contributed by atoms with van der Waals surface area (Å²) in [5, 5.41) is 4.33. The highest BCUT2D eigenvalue weighted by molar-refractivity contribution is 7.99. The Morgan fingerprint density at radius 3 is 2.28 bits per heavy atom. The molecule has 1 unspecified atom stereocenters. The lowest BCUT2D eigenvalue weighted by Gasteiger charge is -2.21. The summed E-state index contributed by atoms with van der Waals surface area (Å²) >= 11 is 2.05. The number of nitrogens with one attached hydrogen (secondary N) is 1. The van der Waals surface area contributed by atoms with Crippen molar-refractivity contribution in [3.8, 4) is 0 Å². The van der Waals surface area contributed by atoms with Crippen molar-refractivity contribution in [3.63, 3.8) is 0 Å². The third kappa shape index (κ3) is 5.03. The second-order valence-corrected chi connectivity index (χ2v) is 6.82. The summed E-state index contributed by atoms with van der Waals surface area (Å²) in [4.78, 5) is 0. The maximum absolute atomic E-state index is 3.62. The molecule has 0 spiro atoms. The van der Waals surface area contributed by atoms with E-state index in [2.05, 4.69) is 58.1 Å². The summed E-state index contributed by atoms with van der Waals surface area (Å²) in [6.07, 6.45) is 1.14. The van der Waals surface area contributed by atoms with Crippen LogP contribution in [0.1, 0.15) is 37.5 Å². The Balaban J connectivity index is 2.70. The molecule has 1 aromatic carbocycles. The van der Waals surface area contributed by atoms with E-state index in [0.717, 1.165) is 13.0 Å². The van der Waals surface area contributed by atoms with Crippen molar-refractivity contribution in [3.05, 3.63) is 34.9 Å². The maximum Gasteiger partial charge on any atom is 0.0198 e. The Hall–Kier alpha value is -0.470. The lowest BCUT2D eigenvalue weighted by atomic mass is 9.97. The Bertz CT molecular complexity index is 340. The van der Waals surface area contributed by atoms with Crippen molar-refractivity contribution >= 4 is 11.8 Å². The van der Waals surface area contributed by atoms with E-state index in [9.17, 15) is 0 Å².